The second kappa shape index (κ2) is 8.30. The van der Waals surface area contributed by atoms with Crippen LogP contribution in [0.2, 0.25) is 0 Å². The third-order valence-corrected chi connectivity index (χ3v) is 6.93. The number of hydrogen-bond donors (Lipinski definition) is 3. The molecule has 1 amide bonds. The van der Waals surface area contributed by atoms with Gasteiger partial charge in [0.1, 0.15) is 11.4 Å². The molecule has 2 heterocycles. The van der Waals surface area contributed by atoms with E-state index in [9.17, 15) is 9.90 Å². The summed E-state index contributed by atoms with van der Waals surface area (Å²) in [5.74, 6) is 1.16. The maximum atomic E-state index is 13.2. The molecule has 1 aromatic heterocycles. The average Bonchev–Trinajstić information content (AvgIpc) is 3.12. The van der Waals surface area contributed by atoms with E-state index in [1.807, 2.05) is 29.8 Å². The molecule has 0 radical (unpaired) electrons. The molecule has 4 unspecified atom stereocenters. The van der Waals surface area contributed by atoms with E-state index in [4.69, 9.17) is 0 Å². The Morgan fingerprint density at radius 2 is 2.06 bits per heavy atom. The predicted octanol–water partition coefficient (Wildman–Crippen LogP) is 4.62. The van der Waals surface area contributed by atoms with Crippen LogP contribution in [0.1, 0.15) is 88.2 Å². The van der Waals surface area contributed by atoms with Crippen molar-refractivity contribution in [3.63, 3.8) is 0 Å². The molecule has 1 aliphatic carbocycles. The molecule has 6 nitrogen and oxygen atoms in total. The summed E-state index contributed by atoms with van der Waals surface area (Å²) in [6, 6.07) is 10.3. The Kier molecular flexibility index (Phi) is 5.86. The summed E-state index contributed by atoms with van der Waals surface area (Å²) in [6.07, 6.45) is 6.98. The van der Waals surface area contributed by atoms with Crippen molar-refractivity contribution in [1.29, 1.82) is 0 Å². The van der Waals surface area contributed by atoms with Gasteiger partial charge in [-0.1, -0.05) is 50.1 Å². The average molecular weight is 425 g/mol. The lowest BCUT2D eigenvalue weighted by Gasteiger charge is -2.38. The van der Waals surface area contributed by atoms with Crippen molar-refractivity contribution in [1.82, 2.24) is 15.1 Å². The topological polar surface area (TPSA) is 79.2 Å². The first-order chi connectivity index (χ1) is 14.7. The maximum Gasteiger partial charge on any atom is 0.256 e. The fourth-order valence-electron chi connectivity index (χ4n) is 5.54. The number of carbonyl (C=O) groups excluding carboxylic acids is 1. The van der Waals surface area contributed by atoms with Gasteiger partial charge in [0.25, 0.3) is 5.91 Å². The van der Waals surface area contributed by atoms with E-state index in [0.29, 0.717) is 17.9 Å². The first-order valence-corrected chi connectivity index (χ1v) is 11.6. The standard InChI is InChI=1S/C25H36N4O2/c1-17-9-8-12-25(31,13-17)14-18(2)27-23(30)20-16-26-29-22(20)28-21(15-24(29,3)4)19-10-6-5-7-11-19/h5-7,10-11,16-18,21,28,31H,8-9,12-15H2,1-4H3,(H,27,30). The van der Waals surface area contributed by atoms with Crippen LogP contribution in [0.15, 0.2) is 36.5 Å². The maximum absolute atomic E-state index is 13.2. The van der Waals surface area contributed by atoms with Gasteiger partial charge < -0.3 is 15.7 Å². The van der Waals surface area contributed by atoms with E-state index in [-0.39, 0.29) is 23.5 Å². The molecule has 1 fully saturated rings. The highest BCUT2D eigenvalue weighted by Gasteiger charge is 2.38. The van der Waals surface area contributed by atoms with Crippen LogP contribution in [0, 0.1) is 5.92 Å². The highest BCUT2D eigenvalue weighted by molar-refractivity contribution is 5.99. The molecule has 168 valence electrons. The Morgan fingerprint density at radius 3 is 2.77 bits per heavy atom. The van der Waals surface area contributed by atoms with Gasteiger partial charge in [0.15, 0.2) is 0 Å². The minimum absolute atomic E-state index is 0.111. The second-order valence-electron chi connectivity index (χ2n) is 10.4. The largest absolute Gasteiger partial charge is 0.390 e. The van der Waals surface area contributed by atoms with Gasteiger partial charge in [-0.05, 0) is 57.9 Å². The zero-order chi connectivity index (χ0) is 22.2. The number of fused-ring (bicyclic) bond motifs is 1. The lowest BCUT2D eigenvalue weighted by atomic mass is 9.76. The molecule has 1 aromatic carbocycles. The van der Waals surface area contributed by atoms with Crippen LogP contribution in [-0.4, -0.2) is 32.4 Å². The first kappa shape index (κ1) is 21.9. The van der Waals surface area contributed by atoms with Crippen LogP contribution in [0.25, 0.3) is 0 Å². The Labute approximate surface area is 185 Å². The zero-order valence-corrected chi connectivity index (χ0v) is 19.2. The van der Waals surface area contributed by atoms with Crippen LogP contribution in [0.4, 0.5) is 5.82 Å². The Bertz CT molecular complexity index is 923. The quantitative estimate of drug-likeness (QED) is 0.654. The number of nitrogens with zero attached hydrogens (tertiary/aromatic N) is 2. The van der Waals surface area contributed by atoms with E-state index in [2.05, 4.69) is 48.6 Å². The van der Waals surface area contributed by atoms with Gasteiger partial charge in [0.05, 0.1) is 23.4 Å². The molecule has 2 aliphatic rings. The van der Waals surface area contributed by atoms with Crippen molar-refractivity contribution < 1.29 is 9.90 Å². The number of anilines is 1. The van der Waals surface area contributed by atoms with Gasteiger partial charge in [-0.2, -0.15) is 5.10 Å². The van der Waals surface area contributed by atoms with Gasteiger partial charge in [-0.25, -0.2) is 4.68 Å². The molecule has 0 spiro atoms. The number of aromatic nitrogens is 2. The number of benzene rings is 1. The van der Waals surface area contributed by atoms with E-state index in [1.165, 1.54) is 12.0 Å². The van der Waals surface area contributed by atoms with Gasteiger partial charge in [0.2, 0.25) is 0 Å². The molecular formula is C25H36N4O2. The number of nitrogens with one attached hydrogen (secondary N) is 2. The minimum Gasteiger partial charge on any atom is -0.390 e. The van der Waals surface area contributed by atoms with Crippen molar-refractivity contribution >= 4 is 11.7 Å². The molecule has 0 bridgehead atoms. The normalized spacial score (nSPS) is 28.3. The zero-order valence-electron chi connectivity index (χ0n) is 19.2. The van der Waals surface area contributed by atoms with Gasteiger partial charge >= 0.3 is 0 Å². The summed E-state index contributed by atoms with van der Waals surface area (Å²) in [4.78, 5) is 13.2. The number of hydrogen-bond acceptors (Lipinski definition) is 4. The van der Waals surface area contributed by atoms with E-state index in [0.717, 1.165) is 31.5 Å². The van der Waals surface area contributed by atoms with E-state index in [1.54, 1.807) is 6.20 Å². The second-order valence-corrected chi connectivity index (χ2v) is 10.4. The summed E-state index contributed by atoms with van der Waals surface area (Å²) < 4.78 is 1.93. The molecule has 31 heavy (non-hydrogen) atoms. The van der Waals surface area contributed by atoms with Gasteiger partial charge in [-0.15, -0.1) is 0 Å². The van der Waals surface area contributed by atoms with Crippen LogP contribution >= 0.6 is 0 Å². The van der Waals surface area contributed by atoms with Crippen LogP contribution in [0.3, 0.4) is 0 Å². The Hall–Kier alpha value is -2.34. The highest BCUT2D eigenvalue weighted by Crippen LogP contribution is 2.40. The summed E-state index contributed by atoms with van der Waals surface area (Å²) in [5, 5.41) is 22.2. The molecule has 2 aromatic rings. The number of rotatable bonds is 5. The summed E-state index contributed by atoms with van der Waals surface area (Å²) in [6.45, 7) is 8.49. The van der Waals surface area contributed by atoms with E-state index >= 15 is 0 Å². The van der Waals surface area contributed by atoms with Crippen molar-refractivity contribution in [3.05, 3.63) is 47.7 Å². The Balaban J connectivity index is 1.50. The van der Waals surface area contributed by atoms with Gasteiger partial charge in [-0.3, -0.25) is 4.79 Å². The molecule has 3 N–H and O–H groups in total. The predicted molar refractivity (Wildman–Crippen MR) is 123 cm³/mol. The van der Waals surface area contributed by atoms with Crippen LogP contribution in [0.5, 0.6) is 0 Å². The summed E-state index contributed by atoms with van der Waals surface area (Å²) in [5.41, 5.74) is 0.876. The summed E-state index contributed by atoms with van der Waals surface area (Å²) in [7, 11) is 0. The smallest absolute Gasteiger partial charge is 0.256 e. The van der Waals surface area contributed by atoms with Crippen molar-refractivity contribution in [2.24, 2.45) is 5.92 Å². The first-order valence-electron chi connectivity index (χ1n) is 11.6. The van der Waals surface area contributed by atoms with Crippen LogP contribution in [-0.2, 0) is 5.54 Å². The number of amides is 1. The molecule has 1 aliphatic heterocycles. The fourth-order valence-corrected chi connectivity index (χ4v) is 5.54. The lowest BCUT2D eigenvalue weighted by Crippen LogP contribution is -2.43. The monoisotopic (exact) mass is 424 g/mol. The highest BCUT2D eigenvalue weighted by atomic mass is 16.3. The van der Waals surface area contributed by atoms with Crippen LogP contribution < -0.4 is 10.6 Å². The third-order valence-electron chi connectivity index (χ3n) is 6.93. The molecule has 1 saturated carbocycles. The molecule has 0 saturated heterocycles. The Morgan fingerprint density at radius 1 is 1.32 bits per heavy atom. The van der Waals surface area contributed by atoms with Crippen molar-refractivity contribution in [2.75, 3.05) is 5.32 Å². The molecule has 6 heteroatoms. The fraction of sp³-hybridized carbons (Fsp3) is 0.600. The van der Waals surface area contributed by atoms with Gasteiger partial charge in [0, 0.05) is 6.04 Å². The summed E-state index contributed by atoms with van der Waals surface area (Å²) >= 11 is 0. The molecule has 4 rings (SSSR count). The lowest BCUT2D eigenvalue weighted by molar-refractivity contribution is -0.0258. The molecular weight excluding hydrogens is 388 g/mol. The third kappa shape index (κ3) is 4.64. The number of carbonyl (C=O) groups is 1. The van der Waals surface area contributed by atoms with Crippen molar-refractivity contribution in [2.45, 2.75) is 89.4 Å². The van der Waals surface area contributed by atoms with Crippen molar-refractivity contribution in [3.8, 4) is 0 Å². The SMILES string of the molecule is CC1CCCC(O)(CC(C)NC(=O)c2cnn3c2NC(c2ccccc2)CC3(C)C)C1. The number of aliphatic hydroxyl groups is 1. The molecule has 4 atom stereocenters. The minimum atomic E-state index is -0.679. The van der Waals surface area contributed by atoms with E-state index < -0.39 is 5.60 Å².